The van der Waals surface area contributed by atoms with Gasteiger partial charge in [0.25, 0.3) is 0 Å². The maximum atomic E-state index is 8.55. The van der Waals surface area contributed by atoms with E-state index in [-0.39, 0.29) is 11.9 Å². The van der Waals surface area contributed by atoms with Crippen molar-refractivity contribution < 1.29 is 9.94 Å². The zero-order valence-electron chi connectivity index (χ0n) is 10.5. The van der Waals surface area contributed by atoms with E-state index in [4.69, 9.17) is 15.7 Å². The van der Waals surface area contributed by atoms with Crippen LogP contribution in [0.15, 0.2) is 23.5 Å². The summed E-state index contributed by atoms with van der Waals surface area (Å²) in [5.74, 6) is 1.46. The summed E-state index contributed by atoms with van der Waals surface area (Å²) < 4.78 is 5.82. The van der Waals surface area contributed by atoms with Crippen molar-refractivity contribution in [1.82, 2.24) is 4.98 Å². The fourth-order valence-corrected chi connectivity index (χ4v) is 2.18. The third-order valence-corrected chi connectivity index (χ3v) is 3.39. The molecule has 3 N–H and O–H groups in total. The second-order valence-corrected chi connectivity index (χ2v) is 4.87. The fraction of sp³-hybridized carbons (Fsp3) is 0.538. The summed E-state index contributed by atoms with van der Waals surface area (Å²) in [6.45, 7) is 2.28. The molecule has 0 amide bonds. The number of rotatable bonds is 3. The highest BCUT2D eigenvalue weighted by molar-refractivity contribution is 5.96. The Morgan fingerprint density at radius 1 is 1.39 bits per heavy atom. The number of nitrogens with two attached hydrogens (primary N) is 1. The lowest BCUT2D eigenvalue weighted by molar-refractivity contribution is 0.130. The maximum Gasteiger partial charge on any atom is 0.213 e. The molecule has 5 nitrogen and oxygen atoms in total. The first kappa shape index (κ1) is 12.7. The molecule has 18 heavy (non-hydrogen) atoms. The van der Waals surface area contributed by atoms with E-state index in [1.54, 1.807) is 18.3 Å². The van der Waals surface area contributed by atoms with Crippen LogP contribution in [0, 0.1) is 5.92 Å². The van der Waals surface area contributed by atoms with Gasteiger partial charge < -0.3 is 15.7 Å². The molecule has 1 fully saturated rings. The van der Waals surface area contributed by atoms with E-state index in [0.717, 1.165) is 18.8 Å². The molecule has 1 aromatic heterocycles. The number of amidine groups is 1. The van der Waals surface area contributed by atoms with E-state index in [9.17, 15) is 0 Å². The zero-order chi connectivity index (χ0) is 13.0. The molecule has 0 unspecified atom stereocenters. The lowest BCUT2D eigenvalue weighted by Gasteiger charge is -2.26. The molecule has 0 aromatic carbocycles. The molecule has 1 aliphatic rings. The Bertz CT molecular complexity index is 409. The highest BCUT2D eigenvalue weighted by Gasteiger charge is 2.19. The van der Waals surface area contributed by atoms with Gasteiger partial charge in [-0.3, -0.25) is 0 Å². The topological polar surface area (TPSA) is 80.7 Å². The van der Waals surface area contributed by atoms with Gasteiger partial charge in [-0.15, -0.1) is 0 Å². The van der Waals surface area contributed by atoms with Gasteiger partial charge >= 0.3 is 0 Å². The molecule has 1 aliphatic carbocycles. The summed E-state index contributed by atoms with van der Waals surface area (Å²) >= 11 is 0. The van der Waals surface area contributed by atoms with Crippen molar-refractivity contribution in [2.45, 2.75) is 38.7 Å². The Hall–Kier alpha value is -1.78. The van der Waals surface area contributed by atoms with Crippen molar-refractivity contribution >= 4 is 5.84 Å². The van der Waals surface area contributed by atoms with Crippen molar-refractivity contribution in [3.05, 3.63) is 23.9 Å². The standard InChI is InChI=1S/C13H19N3O2/c1-9-2-5-11(6-3-9)18-12-7-4-10(8-15-12)13(14)16-17/h4,7-9,11,17H,2-3,5-6H2,1H3,(H2,14,16). The third-order valence-electron chi connectivity index (χ3n) is 3.39. The van der Waals surface area contributed by atoms with Crippen LogP contribution in [0.5, 0.6) is 5.88 Å². The molecule has 0 atom stereocenters. The second-order valence-electron chi connectivity index (χ2n) is 4.87. The number of hydrogen-bond acceptors (Lipinski definition) is 4. The first-order valence-corrected chi connectivity index (χ1v) is 6.29. The molecule has 2 rings (SSSR count). The van der Waals surface area contributed by atoms with E-state index in [1.807, 2.05) is 0 Å². The van der Waals surface area contributed by atoms with E-state index < -0.39 is 0 Å². The van der Waals surface area contributed by atoms with Crippen LogP contribution in [0.1, 0.15) is 38.2 Å². The minimum atomic E-state index is 0.0561. The molecular weight excluding hydrogens is 230 g/mol. The van der Waals surface area contributed by atoms with Gasteiger partial charge in [-0.25, -0.2) is 4.98 Å². The largest absolute Gasteiger partial charge is 0.474 e. The van der Waals surface area contributed by atoms with Gasteiger partial charge in [0.2, 0.25) is 5.88 Å². The quantitative estimate of drug-likeness (QED) is 0.372. The van der Waals surface area contributed by atoms with Crippen LogP contribution in [-0.4, -0.2) is 22.1 Å². The van der Waals surface area contributed by atoms with Gasteiger partial charge in [-0.2, -0.15) is 0 Å². The molecular formula is C13H19N3O2. The zero-order valence-corrected chi connectivity index (χ0v) is 10.5. The van der Waals surface area contributed by atoms with Gasteiger partial charge in [0.05, 0.1) is 0 Å². The van der Waals surface area contributed by atoms with Crippen molar-refractivity contribution in [2.24, 2.45) is 16.8 Å². The lowest BCUT2D eigenvalue weighted by atomic mass is 9.89. The summed E-state index contributed by atoms with van der Waals surface area (Å²) in [7, 11) is 0. The van der Waals surface area contributed by atoms with Gasteiger partial charge in [0, 0.05) is 17.8 Å². The second kappa shape index (κ2) is 5.71. The molecule has 0 spiro atoms. The van der Waals surface area contributed by atoms with E-state index in [0.29, 0.717) is 11.4 Å². The molecule has 0 bridgehead atoms. The van der Waals surface area contributed by atoms with Gasteiger partial charge in [-0.1, -0.05) is 12.1 Å². The summed E-state index contributed by atoms with van der Waals surface area (Å²) in [6.07, 6.45) is 6.43. The minimum absolute atomic E-state index is 0.0561. The van der Waals surface area contributed by atoms with Crippen LogP contribution in [0.3, 0.4) is 0 Å². The van der Waals surface area contributed by atoms with Crippen molar-refractivity contribution in [2.75, 3.05) is 0 Å². The molecule has 1 aromatic rings. The average Bonchev–Trinajstić information content (AvgIpc) is 2.41. The predicted molar refractivity (Wildman–Crippen MR) is 68.8 cm³/mol. The van der Waals surface area contributed by atoms with Crippen molar-refractivity contribution in [3.63, 3.8) is 0 Å². The third kappa shape index (κ3) is 3.12. The molecule has 0 saturated heterocycles. The van der Waals surface area contributed by atoms with Gasteiger partial charge in [0.15, 0.2) is 5.84 Å². The molecule has 1 heterocycles. The highest BCUT2D eigenvalue weighted by Crippen LogP contribution is 2.26. The Morgan fingerprint density at radius 2 is 2.11 bits per heavy atom. The number of aromatic nitrogens is 1. The fourth-order valence-electron chi connectivity index (χ4n) is 2.18. The predicted octanol–water partition coefficient (Wildman–Crippen LogP) is 2.13. The highest BCUT2D eigenvalue weighted by atomic mass is 16.5. The first-order valence-electron chi connectivity index (χ1n) is 6.29. The summed E-state index contributed by atoms with van der Waals surface area (Å²) in [6, 6.07) is 3.49. The normalized spacial score (nSPS) is 24.8. The Balaban J connectivity index is 1.94. The minimum Gasteiger partial charge on any atom is -0.474 e. The first-order chi connectivity index (χ1) is 8.69. The Morgan fingerprint density at radius 3 is 2.67 bits per heavy atom. The van der Waals surface area contributed by atoms with E-state index in [2.05, 4.69) is 17.1 Å². The number of pyridine rings is 1. The van der Waals surface area contributed by atoms with Crippen LogP contribution >= 0.6 is 0 Å². The summed E-state index contributed by atoms with van der Waals surface area (Å²) in [5.41, 5.74) is 6.05. The number of ether oxygens (including phenoxy) is 1. The van der Waals surface area contributed by atoms with E-state index in [1.165, 1.54) is 12.8 Å². The van der Waals surface area contributed by atoms with Crippen LogP contribution in [-0.2, 0) is 0 Å². The number of oxime groups is 1. The molecule has 1 saturated carbocycles. The lowest BCUT2D eigenvalue weighted by Crippen LogP contribution is -2.23. The maximum absolute atomic E-state index is 8.55. The average molecular weight is 249 g/mol. The molecule has 5 heteroatoms. The van der Waals surface area contributed by atoms with Crippen LogP contribution in [0.2, 0.25) is 0 Å². The van der Waals surface area contributed by atoms with Crippen molar-refractivity contribution in [3.8, 4) is 5.88 Å². The van der Waals surface area contributed by atoms with Gasteiger partial charge in [0.1, 0.15) is 6.10 Å². The number of nitrogens with zero attached hydrogens (tertiary/aromatic N) is 2. The Kier molecular flexibility index (Phi) is 4.02. The van der Waals surface area contributed by atoms with Crippen LogP contribution in [0.4, 0.5) is 0 Å². The smallest absolute Gasteiger partial charge is 0.213 e. The molecule has 98 valence electrons. The van der Waals surface area contributed by atoms with Crippen molar-refractivity contribution in [1.29, 1.82) is 0 Å². The summed E-state index contributed by atoms with van der Waals surface area (Å²) in [4.78, 5) is 4.17. The van der Waals surface area contributed by atoms with Gasteiger partial charge in [-0.05, 0) is 37.7 Å². The number of hydrogen-bond donors (Lipinski definition) is 2. The van der Waals surface area contributed by atoms with Crippen LogP contribution in [0.25, 0.3) is 0 Å². The SMILES string of the molecule is CC1CCC(Oc2ccc(/C(N)=N/O)cn2)CC1. The monoisotopic (exact) mass is 249 g/mol. The Labute approximate surface area is 107 Å². The molecule has 0 radical (unpaired) electrons. The van der Waals surface area contributed by atoms with Crippen LogP contribution < -0.4 is 10.5 Å². The van der Waals surface area contributed by atoms with E-state index >= 15 is 0 Å². The summed E-state index contributed by atoms with van der Waals surface area (Å²) in [5, 5.41) is 11.5. The molecule has 0 aliphatic heterocycles.